The van der Waals surface area contributed by atoms with Gasteiger partial charge in [-0.25, -0.2) is 19.3 Å². The zero-order valence-corrected chi connectivity index (χ0v) is 20.1. The quantitative estimate of drug-likeness (QED) is 0.417. The summed E-state index contributed by atoms with van der Waals surface area (Å²) >= 11 is 0. The molecule has 0 aliphatic carbocycles. The molecular weight excluding hydrogens is 454 g/mol. The summed E-state index contributed by atoms with van der Waals surface area (Å²) in [5.74, 6) is 0.114. The number of pyridine rings is 2. The van der Waals surface area contributed by atoms with E-state index in [4.69, 9.17) is 4.98 Å². The van der Waals surface area contributed by atoms with Gasteiger partial charge in [0.25, 0.3) is 0 Å². The number of aromatic amines is 1. The van der Waals surface area contributed by atoms with Crippen LogP contribution in [0.3, 0.4) is 0 Å². The van der Waals surface area contributed by atoms with Crippen LogP contribution in [0.4, 0.5) is 0 Å². The summed E-state index contributed by atoms with van der Waals surface area (Å²) in [6.07, 6.45) is 5.51. The maximum atomic E-state index is 13.7. The van der Waals surface area contributed by atoms with Crippen molar-refractivity contribution in [1.29, 1.82) is 0 Å². The molecule has 0 unspecified atom stereocenters. The van der Waals surface area contributed by atoms with Crippen LogP contribution in [0.25, 0.3) is 39.0 Å². The molecule has 0 atom stereocenters. The van der Waals surface area contributed by atoms with Gasteiger partial charge in [-0.15, -0.1) is 0 Å². The van der Waals surface area contributed by atoms with Gasteiger partial charge in [-0.05, 0) is 30.3 Å². The SMILES string of the molecule is CC(=O)N1CCN(CCn2c(=O)n(-c3ccccc3)c3ncc(-c4cnc5[nH]ccc5c4)cc32)CC1. The molecule has 5 heterocycles. The second-order valence-electron chi connectivity index (χ2n) is 9.16. The highest BCUT2D eigenvalue weighted by atomic mass is 16.2. The van der Waals surface area contributed by atoms with Gasteiger partial charge in [-0.3, -0.25) is 14.3 Å². The Morgan fingerprint density at radius 2 is 1.69 bits per heavy atom. The van der Waals surface area contributed by atoms with Crippen molar-refractivity contribution in [3.8, 4) is 16.8 Å². The zero-order chi connectivity index (χ0) is 24.6. The molecule has 9 nitrogen and oxygen atoms in total. The largest absolute Gasteiger partial charge is 0.346 e. The molecule has 1 amide bonds. The van der Waals surface area contributed by atoms with Crippen molar-refractivity contribution >= 4 is 28.1 Å². The van der Waals surface area contributed by atoms with Crippen LogP contribution < -0.4 is 5.69 Å². The zero-order valence-electron chi connectivity index (χ0n) is 20.1. The summed E-state index contributed by atoms with van der Waals surface area (Å²) in [6.45, 7) is 5.92. The third-order valence-electron chi connectivity index (χ3n) is 6.98. The van der Waals surface area contributed by atoms with Crippen LogP contribution in [-0.2, 0) is 11.3 Å². The van der Waals surface area contributed by atoms with Crippen molar-refractivity contribution in [3.05, 3.63) is 77.6 Å². The average molecular weight is 482 g/mol. The minimum absolute atomic E-state index is 0.109. The number of nitrogens with zero attached hydrogens (tertiary/aromatic N) is 6. The fourth-order valence-electron chi connectivity index (χ4n) is 4.94. The Morgan fingerprint density at radius 3 is 2.47 bits per heavy atom. The molecule has 4 aromatic heterocycles. The van der Waals surface area contributed by atoms with E-state index in [-0.39, 0.29) is 11.6 Å². The van der Waals surface area contributed by atoms with E-state index in [9.17, 15) is 9.59 Å². The fraction of sp³-hybridized carbons (Fsp3) is 0.259. The number of amides is 1. The minimum Gasteiger partial charge on any atom is -0.346 e. The second-order valence-corrected chi connectivity index (χ2v) is 9.16. The van der Waals surface area contributed by atoms with E-state index in [2.05, 4.69) is 20.9 Å². The van der Waals surface area contributed by atoms with Gasteiger partial charge in [0.2, 0.25) is 5.91 Å². The maximum Gasteiger partial charge on any atom is 0.335 e. The molecule has 9 heteroatoms. The van der Waals surface area contributed by atoms with Gasteiger partial charge in [-0.1, -0.05) is 18.2 Å². The number of carbonyl (C=O) groups is 1. The molecule has 0 spiro atoms. The molecule has 1 saturated heterocycles. The monoisotopic (exact) mass is 481 g/mol. The molecule has 1 aliphatic heterocycles. The number of para-hydroxylation sites is 1. The Labute approximate surface area is 207 Å². The third-order valence-corrected chi connectivity index (χ3v) is 6.98. The van der Waals surface area contributed by atoms with Crippen LogP contribution in [-0.4, -0.2) is 72.5 Å². The number of fused-ring (bicyclic) bond motifs is 2. The minimum atomic E-state index is -0.109. The molecule has 0 bridgehead atoms. The summed E-state index contributed by atoms with van der Waals surface area (Å²) in [4.78, 5) is 41.9. The number of nitrogens with one attached hydrogen (secondary N) is 1. The molecule has 1 aliphatic rings. The van der Waals surface area contributed by atoms with E-state index in [1.807, 2.05) is 70.5 Å². The second kappa shape index (κ2) is 9.09. The van der Waals surface area contributed by atoms with Gasteiger partial charge in [0, 0.05) is 81.3 Å². The van der Waals surface area contributed by atoms with Crippen LogP contribution in [0.5, 0.6) is 0 Å². The van der Waals surface area contributed by atoms with Crippen molar-refractivity contribution in [3.63, 3.8) is 0 Å². The van der Waals surface area contributed by atoms with E-state index < -0.39 is 0 Å². The first-order valence-electron chi connectivity index (χ1n) is 12.2. The van der Waals surface area contributed by atoms with Gasteiger partial charge >= 0.3 is 5.69 Å². The highest BCUT2D eigenvalue weighted by molar-refractivity contribution is 5.84. The Kier molecular flexibility index (Phi) is 5.61. The first-order valence-corrected chi connectivity index (χ1v) is 12.2. The number of benzene rings is 1. The number of imidazole rings is 1. The first-order chi connectivity index (χ1) is 17.6. The molecule has 0 radical (unpaired) electrons. The number of aromatic nitrogens is 5. The number of carbonyl (C=O) groups excluding carboxylic acids is 1. The van der Waals surface area contributed by atoms with E-state index in [0.29, 0.717) is 12.2 Å². The molecule has 0 saturated carbocycles. The van der Waals surface area contributed by atoms with Gasteiger partial charge in [0.15, 0.2) is 5.65 Å². The summed E-state index contributed by atoms with van der Waals surface area (Å²) in [6, 6.07) is 15.7. The smallest absolute Gasteiger partial charge is 0.335 e. The van der Waals surface area contributed by atoms with Crippen molar-refractivity contribution in [2.45, 2.75) is 13.5 Å². The number of hydrogen-bond donors (Lipinski definition) is 1. The Bertz CT molecular complexity index is 1610. The summed E-state index contributed by atoms with van der Waals surface area (Å²) in [5.41, 5.74) is 4.80. The van der Waals surface area contributed by atoms with Crippen LogP contribution in [0.1, 0.15) is 6.92 Å². The molecule has 6 rings (SSSR count). The van der Waals surface area contributed by atoms with Gasteiger partial charge in [-0.2, -0.15) is 0 Å². The molecule has 182 valence electrons. The maximum absolute atomic E-state index is 13.7. The molecule has 1 N–H and O–H groups in total. The topological polar surface area (TPSA) is 92.1 Å². The van der Waals surface area contributed by atoms with Crippen molar-refractivity contribution in [2.24, 2.45) is 0 Å². The van der Waals surface area contributed by atoms with E-state index in [1.54, 1.807) is 11.5 Å². The van der Waals surface area contributed by atoms with Crippen molar-refractivity contribution in [1.82, 2.24) is 33.9 Å². The normalized spacial score (nSPS) is 14.6. The van der Waals surface area contributed by atoms with Crippen LogP contribution in [0.15, 0.2) is 71.9 Å². The predicted octanol–water partition coefficient (Wildman–Crippen LogP) is 2.89. The highest BCUT2D eigenvalue weighted by Crippen LogP contribution is 2.25. The lowest BCUT2D eigenvalue weighted by Crippen LogP contribution is -2.48. The predicted molar refractivity (Wildman–Crippen MR) is 139 cm³/mol. The van der Waals surface area contributed by atoms with Crippen LogP contribution in [0.2, 0.25) is 0 Å². The molecule has 5 aromatic rings. The summed E-state index contributed by atoms with van der Waals surface area (Å²) in [7, 11) is 0. The number of hydrogen-bond acceptors (Lipinski definition) is 5. The summed E-state index contributed by atoms with van der Waals surface area (Å²) < 4.78 is 3.50. The number of rotatable bonds is 5. The molecule has 1 fully saturated rings. The molecule has 1 aromatic carbocycles. The van der Waals surface area contributed by atoms with E-state index >= 15 is 0 Å². The first kappa shape index (κ1) is 22.2. The number of H-pyrrole nitrogens is 1. The standard InChI is InChI=1S/C27H27N7O2/c1-19(35)32-12-9-31(10-13-32)11-14-33-24-16-22(21-15-20-7-8-28-25(20)29-17-21)18-30-26(24)34(27(33)36)23-5-3-2-4-6-23/h2-8,15-18H,9-14H2,1H3,(H,28,29). The fourth-order valence-corrected chi connectivity index (χ4v) is 4.94. The van der Waals surface area contributed by atoms with Gasteiger partial charge in [0.1, 0.15) is 5.65 Å². The lowest BCUT2D eigenvalue weighted by Gasteiger charge is -2.34. The van der Waals surface area contributed by atoms with Crippen molar-refractivity contribution in [2.75, 3.05) is 32.7 Å². The lowest BCUT2D eigenvalue weighted by atomic mass is 10.1. The lowest BCUT2D eigenvalue weighted by molar-refractivity contribution is -0.130. The van der Waals surface area contributed by atoms with E-state index in [1.165, 1.54) is 0 Å². The van der Waals surface area contributed by atoms with Crippen molar-refractivity contribution < 1.29 is 4.79 Å². The van der Waals surface area contributed by atoms with Crippen LogP contribution >= 0.6 is 0 Å². The Balaban J connectivity index is 1.39. The highest BCUT2D eigenvalue weighted by Gasteiger charge is 2.21. The Morgan fingerprint density at radius 1 is 0.944 bits per heavy atom. The van der Waals surface area contributed by atoms with Gasteiger partial charge in [0.05, 0.1) is 11.2 Å². The molecular formula is C27H27N7O2. The third kappa shape index (κ3) is 3.97. The summed E-state index contributed by atoms with van der Waals surface area (Å²) in [5, 5.41) is 1.02. The van der Waals surface area contributed by atoms with Gasteiger partial charge < -0.3 is 9.88 Å². The average Bonchev–Trinajstić information content (AvgIpc) is 3.49. The molecule has 36 heavy (non-hydrogen) atoms. The Hall–Kier alpha value is -4.24. The number of piperazine rings is 1. The van der Waals surface area contributed by atoms with E-state index in [0.717, 1.165) is 66.1 Å². The van der Waals surface area contributed by atoms with Crippen LogP contribution in [0, 0.1) is 0 Å².